The van der Waals surface area contributed by atoms with Crippen molar-refractivity contribution < 1.29 is 44.0 Å². The van der Waals surface area contributed by atoms with Crippen molar-refractivity contribution in [1.29, 1.82) is 5.26 Å². The van der Waals surface area contributed by atoms with Crippen LogP contribution in [0.4, 0.5) is 28.4 Å². The van der Waals surface area contributed by atoms with E-state index in [1.54, 1.807) is 36.4 Å². The molecule has 0 aliphatic carbocycles. The molecule has 5 aromatic carbocycles. The second-order valence-electron chi connectivity index (χ2n) is 9.36. The molecular formula is C27H26N6O10S3. The first kappa shape index (κ1) is 35.1. The SMILES string of the molecule is N#Cc1ccc(N)cc1.Nc1cc2c(O)c(N)c(S(=O)(=O)O)cc2cc1S(=O)(=O)O.Nc1ccc(N)c2cc(S(=O)(=O)O)ccc12. The standard InChI is InChI=1S/C10H10N2O7S2.C10H10N2O3S.C7H6N2/c11-6-3-5-4(1-7(6)20(14,15)16)2-8(21(17,18)19)9(12)10(5)13;11-9-3-4-10(12)8-5-6(16(13,14)15)1-2-7(8)9;8-5-6-1-3-7(9)4-2-6/h1-3,13H,11-12H2,(H,14,15,16)(H,17,18,19);1-5H,11-12H2,(H,13,14,15);1-4H,9H2. The summed E-state index contributed by atoms with van der Waals surface area (Å²) >= 11 is 0. The van der Waals surface area contributed by atoms with Crippen LogP contribution in [-0.2, 0) is 30.4 Å². The van der Waals surface area contributed by atoms with Gasteiger partial charge in [-0.15, -0.1) is 0 Å². The number of phenols is 1. The number of anilines is 5. The number of aromatic hydroxyl groups is 1. The molecule has 0 atom stereocenters. The van der Waals surface area contributed by atoms with Crippen molar-refractivity contribution >= 4 is 80.3 Å². The average molecular weight is 691 g/mol. The summed E-state index contributed by atoms with van der Waals surface area (Å²) < 4.78 is 93.5. The number of benzene rings is 5. The minimum Gasteiger partial charge on any atom is -0.505 e. The number of rotatable bonds is 3. The molecule has 0 bridgehead atoms. The Morgan fingerprint density at radius 2 is 1.09 bits per heavy atom. The van der Waals surface area contributed by atoms with Crippen LogP contribution < -0.4 is 28.7 Å². The maximum Gasteiger partial charge on any atom is 0.296 e. The zero-order chi connectivity index (χ0) is 34.8. The highest BCUT2D eigenvalue weighted by atomic mass is 32.2. The molecule has 5 rings (SSSR count). The molecule has 0 radical (unpaired) electrons. The van der Waals surface area contributed by atoms with Gasteiger partial charge < -0.3 is 33.8 Å². The van der Waals surface area contributed by atoms with Gasteiger partial charge in [0.1, 0.15) is 15.5 Å². The second kappa shape index (κ2) is 12.9. The zero-order valence-corrected chi connectivity index (χ0v) is 25.7. The summed E-state index contributed by atoms with van der Waals surface area (Å²) in [5, 5.41) is 19.2. The average Bonchev–Trinajstić information content (AvgIpc) is 2.96. The van der Waals surface area contributed by atoms with Crippen LogP contribution >= 0.6 is 0 Å². The van der Waals surface area contributed by atoms with E-state index in [1.165, 1.54) is 18.2 Å². The molecule has 19 heteroatoms. The fraction of sp³-hybridized carbons (Fsp3) is 0. The van der Waals surface area contributed by atoms with Crippen molar-refractivity contribution in [2.24, 2.45) is 0 Å². The third kappa shape index (κ3) is 8.02. The van der Waals surface area contributed by atoms with Crippen LogP contribution in [0, 0.1) is 11.3 Å². The number of nitrogens with two attached hydrogens (primary N) is 5. The minimum atomic E-state index is -4.73. The smallest absolute Gasteiger partial charge is 0.296 e. The van der Waals surface area contributed by atoms with Crippen LogP contribution in [-0.4, -0.2) is 44.0 Å². The summed E-state index contributed by atoms with van der Waals surface area (Å²) in [6.07, 6.45) is 0. The molecule has 16 nitrogen and oxygen atoms in total. The van der Waals surface area contributed by atoms with E-state index >= 15 is 0 Å². The van der Waals surface area contributed by atoms with Crippen LogP contribution in [0.1, 0.15) is 5.56 Å². The Bertz CT molecular complexity index is 2350. The Balaban J connectivity index is 0.000000203. The van der Waals surface area contributed by atoms with E-state index in [0.29, 0.717) is 33.4 Å². The topological polar surface area (TPSA) is 337 Å². The lowest BCUT2D eigenvalue weighted by molar-refractivity contribution is 0.473. The Hall–Kier alpha value is -5.36. The van der Waals surface area contributed by atoms with Crippen LogP contribution in [0.25, 0.3) is 21.5 Å². The van der Waals surface area contributed by atoms with Gasteiger partial charge in [-0.25, -0.2) is 0 Å². The predicted molar refractivity (Wildman–Crippen MR) is 172 cm³/mol. The number of nitrogens with zero attached hydrogens (tertiary/aromatic N) is 1. The number of nitrogen functional groups attached to an aromatic ring is 5. The van der Waals surface area contributed by atoms with Gasteiger partial charge in [0.2, 0.25) is 0 Å². The van der Waals surface area contributed by atoms with Gasteiger partial charge in [0, 0.05) is 33.2 Å². The molecule has 0 fully saturated rings. The fourth-order valence-electron chi connectivity index (χ4n) is 3.95. The first-order valence-corrected chi connectivity index (χ1v) is 16.6. The molecule has 0 aliphatic rings. The zero-order valence-electron chi connectivity index (χ0n) is 23.2. The highest BCUT2D eigenvalue weighted by molar-refractivity contribution is 7.86. The van der Waals surface area contributed by atoms with Crippen LogP contribution in [0.5, 0.6) is 5.75 Å². The molecule has 0 aromatic heterocycles. The number of nitriles is 1. The van der Waals surface area contributed by atoms with E-state index in [-0.39, 0.29) is 21.4 Å². The van der Waals surface area contributed by atoms with E-state index in [9.17, 15) is 30.4 Å². The van der Waals surface area contributed by atoms with Crippen LogP contribution in [0.15, 0.2) is 87.5 Å². The van der Waals surface area contributed by atoms with Gasteiger partial charge in [-0.3, -0.25) is 13.7 Å². The molecule has 0 heterocycles. The van der Waals surface area contributed by atoms with Crippen molar-refractivity contribution in [2.75, 3.05) is 28.7 Å². The van der Waals surface area contributed by atoms with Gasteiger partial charge in [-0.2, -0.15) is 30.5 Å². The number of phenolic OH excluding ortho intramolecular Hbond substituents is 1. The molecule has 0 unspecified atom stereocenters. The number of hydrogen-bond acceptors (Lipinski definition) is 13. The summed E-state index contributed by atoms with van der Waals surface area (Å²) in [4.78, 5) is -1.66. The van der Waals surface area contributed by atoms with Crippen molar-refractivity contribution in [3.05, 3.63) is 78.4 Å². The Morgan fingerprint density at radius 1 is 0.565 bits per heavy atom. The maximum absolute atomic E-state index is 11.2. The molecule has 242 valence electrons. The van der Waals surface area contributed by atoms with E-state index in [1.807, 2.05) is 6.07 Å². The molecule has 0 aliphatic heterocycles. The number of fused-ring (bicyclic) bond motifs is 2. The molecule has 0 spiro atoms. The van der Waals surface area contributed by atoms with Crippen LogP contribution in [0.2, 0.25) is 0 Å². The summed E-state index contributed by atoms with van der Waals surface area (Å²) in [5.74, 6) is -0.686. The number of hydrogen-bond donors (Lipinski definition) is 9. The Labute approximate surface area is 262 Å². The third-order valence-electron chi connectivity index (χ3n) is 6.19. The van der Waals surface area contributed by atoms with Crippen LogP contribution in [0.3, 0.4) is 0 Å². The lowest BCUT2D eigenvalue weighted by Crippen LogP contribution is -2.06. The summed E-state index contributed by atoms with van der Waals surface area (Å²) in [6.45, 7) is 0. The lowest BCUT2D eigenvalue weighted by Gasteiger charge is -2.11. The van der Waals surface area contributed by atoms with Crippen molar-refractivity contribution in [3.63, 3.8) is 0 Å². The summed E-state index contributed by atoms with van der Waals surface area (Å²) in [5.41, 5.74) is 28.9. The quantitative estimate of drug-likeness (QED) is 0.0746. The van der Waals surface area contributed by atoms with Crippen molar-refractivity contribution in [3.8, 4) is 11.8 Å². The molecule has 0 saturated heterocycles. The maximum atomic E-state index is 11.2. The molecule has 5 aromatic rings. The minimum absolute atomic E-state index is 0.0372. The molecule has 0 saturated carbocycles. The molecule has 14 N–H and O–H groups in total. The van der Waals surface area contributed by atoms with Gasteiger partial charge in [0.05, 0.1) is 27.9 Å². The monoisotopic (exact) mass is 690 g/mol. The second-order valence-corrected chi connectivity index (χ2v) is 13.6. The van der Waals surface area contributed by atoms with Gasteiger partial charge in [0.15, 0.2) is 0 Å². The largest absolute Gasteiger partial charge is 0.505 e. The highest BCUT2D eigenvalue weighted by Crippen LogP contribution is 2.39. The van der Waals surface area contributed by atoms with E-state index in [2.05, 4.69) is 0 Å². The Morgan fingerprint density at radius 3 is 1.59 bits per heavy atom. The first-order chi connectivity index (χ1) is 21.1. The Kier molecular flexibility index (Phi) is 9.88. The van der Waals surface area contributed by atoms with Crippen molar-refractivity contribution in [2.45, 2.75) is 14.7 Å². The predicted octanol–water partition coefficient (Wildman–Crippen LogP) is 2.59. The van der Waals surface area contributed by atoms with Gasteiger partial charge >= 0.3 is 0 Å². The molecular weight excluding hydrogens is 665 g/mol. The van der Waals surface area contributed by atoms with E-state index < -0.39 is 51.6 Å². The molecule has 0 amide bonds. The van der Waals surface area contributed by atoms with E-state index in [4.69, 9.17) is 47.6 Å². The van der Waals surface area contributed by atoms with Crippen molar-refractivity contribution in [1.82, 2.24) is 0 Å². The van der Waals surface area contributed by atoms with E-state index in [0.717, 1.165) is 18.2 Å². The summed E-state index contributed by atoms with van der Waals surface area (Å²) in [6, 6.07) is 18.9. The van der Waals surface area contributed by atoms with Gasteiger partial charge in [-0.1, -0.05) is 6.07 Å². The van der Waals surface area contributed by atoms with Gasteiger partial charge in [0.25, 0.3) is 30.4 Å². The highest BCUT2D eigenvalue weighted by Gasteiger charge is 2.22. The lowest BCUT2D eigenvalue weighted by atomic mass is 10.1. The fourth-order valence-corrected chi connectivity index (χ4v) is 5.74. The molecule has 46 heavy (non-hydrogen) atoms. The third-order valence-corrected chi connectivity index (χ3v) is 8.85. The van der Waals surface area contributed by atoms with Gasteiger partial charge in [-0.05, 0) is 72.1 Å². The summed E-state index contributed by atoms with van der Waals surface area (Å²) in [7, 11) is -13.6. The first-order valence-electron chi connectivity index (χ1n) is 12.3. The normalized spacial score (nSPS) is 11.5.